The second kappa shape index (κ2) is 11.9. The molecule has 2 heterocycles. The summed E-state index contributed by atoms with van der Waals surface area (Å²) in [5.41, 5.74) is 1.85. The van der Waals surface area contributed by atoms with Gasteiger partial charge in [0.25, 0.3) is 5.91 Å². The molecular formula is C30H24F2N4O5. The molecule has 2 N–H and O–H groups in total. The zero-order chi connectivity index (χ0) is 28.9. The maximum absolute atomic E-state index is 15.2. The predicted molar refractivity (Wildman–Crippen MR) is 147 cm³/mol. The number of carbonyl (C=O) groups is 1. The van der Waals surface area contributed by atoms with Crippen molar-refractivity contribution in [1.29, 1.82) is 0 Å². The average molecular weight is 559 g/mol. The number of pyridine rings is 1. The van der Waals surface area contributed by atoms with Crippen LogP contribution in [-0.4, -0.2) is 45.8 Å². The predicted octanol–water partition coefficient (Wildman–Crippen LogP) is 5.78. The van der Waals surface area contributed by atoms with E-state index in [1.807, 2.05) is 0 Å². The molecule has 0 bridgehead atoms. The monoisotopic (exact) mass is 558 g/mol. The molecule has 11 heteroatoms. The summed E-state index contributed by atoms with van der Waals surface area (Å²) in [7, 11) is 1.46. The molecular weight excluding hydrogens is 534 g/mol. The summed E-state index contributed by atoms with van der Waals surface area (Å²) in [5.74, 6) is -1.27. The van der Waals surface area contributed by atoms with Gasteiger partial charge in [-0.05, 0) is 67.6 Å². The third-order valence-corrected chi connectivity index (χ3v) is 6.00. The average Bonchev–Trinajstić information content (AvgIpc) is 2.99. The number of methoxy groups -OCH3 is 1. The van der Waals surface area contributed by atoms with E-state index in [1.54, 1.807) is 43.3 Å². The van der Waals surface area contributed by atoms with Crippen molar-refractivity contribution in [2.45, 2.75) is 13.0 Å². The minimum Gasteiger partial charge on any atom is -0.493 e. The summed E-state index contributed by atoms with van der Waals surface area (Å²) in [6.07, 6.45) is 0.691. The van der Waals surface area contributed by atoms with Crippen LogP contribution in [0.15, 0.2) is 79.1 Å². The van der Waals surface area contributed by atoms with Crippen LogP contribution in [0.2, 0.25) is 0 Å². The van der Waals surface area contributed by atoms with Crippen LogP contribution in [0, 0.1) is 11.6 Å². The van der Waals surface area contributed by atoms with E-state index in [9.17, 15) is 14.3 Å². The first-order valence-corrected chi connectivity index (χ1v) is 12.5. The van der Waals surface area contributed by atoms with Gasteiger partial charge in [0.05, 0.1) is 24.9 Å². The normalized spacial score (nSPS) is 11.6. The number of hydrogen-bond acceptors (Lipinski definition) is 8. The van der Waals surface area contributed by atoms with E-state index in [-0.39, 0.29) is 41.2 Å². The number of nitrogens with one attached hydrogen (secondary N) is 1. The van der Waals surface area contributed by atoms with Crippen LogP contribution in [0.1, 0.15) is 17.4 Å². The number of rotatable bonds is 9. The van der Waals surface area contributed by atoms with E-state index in [0.29, 0.717) is 27.9 Å². The van der Waals surface area contributed by atoms with Gasteiger partial charge in [0.2, 0.25) is 5.88 Å². The van der Waals surface area contributed by atoms with Crippen LogP contribution < -0.4 is 19.5 Å². The third kappa shape index (κ3) is 6.04. The molecule has 0 spiro atoms. The number of fused-ring (bicyclic) bond motifs is 1. The number of ether oxygens (including phenoxy) is 3. The van der Waals surface area contributed by atoms with E-state index in [4.69, 9.17) is 14.2 Å². The lowest BCUT2D eigenvalue weighted by molar-refractivity contribution is 0.102. The molecule has 0 saturated heterocycles. The number of aliphatic hydroxyl groups excluding tert-OH is 1. The standard InChI is InChI=1S/C30H24F2N4O5/c1-17(15-37)40-28-26(39-2)13-11-23-27(28)30(34-16-33-23)41-25-12-10-20(14-21(25)32)35-29(38)24-5-3-4-22(36-24)18-6-8-19(31)9-7-18/h3-14,16-17,37H,15H2,1-2H3,(H,35,38). The molecule has 2 aromatic heterocycles. The Hall–Kier alpha value is -5.16. The largest absolute Gasteiger partial charge is 0.493 e. The zero-order valence-electron chi connectivity index (χ0n) is 22.0. The molecule has 0 saturated carbocycles. The molecule has 1 unspecified atom stereocenters. The Bertz CT molecular complexity index is 1720. The number of benzene rings is 3. The zero-order valence-corrected chi connectivity index (χ0v) is 22.0. The SMILES string of the molecule is COc1ccc2ncnc(Oc3ccc(NC(=O)c4cccc(-c5ccc(F)cc5)n4)cc3F)c2c1OC(C)CO. The van der Waals surface area contributed by atoms with Crippen molar-refractivity contribution >= 4 is 22.5 Å². The second-order valence-corrected chi connectivity index (χ2v) is 8.90. The van der Waals surface area contributed by atoms with Crippen molar-refractivity contribution < 1.29 is 32.9 Å². The highest BCUT2D eigenvalue weighted by atomic mass is 19.1. The summed E-state index contributed by atoms with van der Waals surface area (Å²) < 4.78 is 45.5. The maximum atomic E-state index is 15.2. The Morgan fingerprint density at radius 3 is 2.51 bits per heavy atom. The van der Waals surface area contributed by atoms with Gasteiger partial charge in [0.1, 0.15) is 29.3 Å². The van der Waals surface area contributed by atoms with Crippen LogP contribution in [0.5, 0.6) is 23.1 Å². The number of aliphatic hydroxyl groups is 1. The van der Waals surface area contributed by atoms with Crippen LogP contribution in [0.3, 0.4) is 0 Å². The molecule has 0 fully saturated rings. The van der Waals surface area contributed by atoms with Gasteiger partial charge in [-0.25, -0.2) is 23.7 Å². The summed E-state index contributed by atoms with van der Waals surface area (Å²) in [6, 6.07) is 17.8. The summed E-state index contributed by atoms with van der Waals surface area (Å²) in [6.45, 7) is 1.42. The fourth-order valence-corrected chi connectivity index (χ4v) is 3.97. The van der Waals surface area contributed by atoms with Gasteiger partial charge in [0.15, 0.2) is 23.1 Å². The number of nitrogens with zero attached hydrogens (tertiary/aromatic N) is 3. The molecule has 3 aromatic carbocycles. The quantitative estimate of drug-likeness (QED) is 0.234. The lowest BCUT2D eigenvalue weighted by atomic mass is 10.1. The first-order chi connectivity index (χ1) is 19.9. The molecule has 0 radical (unpaired) electrons. The van der Waals surface area contributed by atoms with E-state index < -0.39 is 17.8 Å². The molecule has 5 rings (SSSR count). The lowest BCUT2D eigenvalue weighted by Gasteiger charge is -2.18. The molecule has 41 heavy (non-hydrogen) atoms. The maximum Gasteiger partial charge on any atom is 0.274 e. The lowest BCUT2D eigenvalue weighted by Crippen LogP contribution is -2.17. The summed E-state index contributed by atoms with van der Waals surface area (Å²) in [4.78, 5) is 25.6. The molecule has 0 aliphatic heterocycles. The molecule has 1 amide bonds. The molecule has 208 valence electrons. The van der Waals surface area contributed by atoms with E-state index >= 15 is 4.39 Å². The number of hydrogen-bond donors (Lipinski definition) is 2. The van der Waals surface area contributed by atoms with Crippen molar-refractivity contribution in [3.63, 3.8) is 0 Å². The molecule has 5 aromatic rings. The number of aromatic nitrogens is 3. The number of carbonyl (C=O) groups excluding carboxylic acids is 1. The molecule has 1 atom stereocenters. The van der Waals surface area contributed by atoms with Crippen molar-refractivity contribution in [3.05, 3.63) is 96.5 Å². The number of anilines is 1. The Morgan fingerprint density at radius 2 is 1.78 bits per heavy atom. The van der Waals surface area contributed by atoms with E-state index in [2.05, 4.69) is 20.3 Å². The third-order valence-electron chi connectivity index (χ3n) is 6.00. The van der Waals surface area contributed by atoms with Gasteiger partial charge in [-0.15, -0.1) is 0 Å². The fourth-order valence-electron chi connectivity index (χ4n) is 3.97. The smallest absolute Gasteiger partial charge is 0.274 e. The summed E-state index contributed by atoms with van der Waals surface area (Å²) in [5, 5.41) is 12.4. The molecule has 9 nitrogen and oxygen atoms in total. The molecule has 0 aliphatic carbocycles. The van der Waals surface area contributed by atoms with Gasteiger partial charge in [0, 0.05) is 17.3 Å². The minimum absolute atomic E-state index is 0.00605. The van der Waals surface area contributed by atoms with Crippen molar-refractivity contribution in [2.75, 3.05) is 19.0 Å². The van der Waals surface area contributed by atoms with Gasteiger partial charge >= 0.3 is 0 Å². The first kappa shape index (κ1) is 27.4. The second-order valence-electron chi connectivity index (χ2n) is 8.90. The fraction of sp³-hybridized carbons (Fsp3) is 0.133. The molecule has 0 aliphatic rings. The van der Waals surface area contributed by atoms with Crippen molar-refractivity contribution in [3.8, 4) is 34.4 Å². The van der Waals surface area contributed by atoms with Crippen molar-refractivity contribution in [1.82, 2.24) is 15.0 Å². The number of amides is 1. The Balaban J connectivity index is 1.38. The van der Waals surface area contributed by atoms with Gasteiger partial charge in [-0.2, -0.15) is 0 Å². The Morgan fingerprint density at radius 1 is 1.00 bits per heavy atom. The van der Waals surface area contributed by atoms with Gasteiger partial charge in [-0.3, -0.25) is 4.79 Å². The van der Waals surface area contributed by atoms with Crippen LogP contribution >= 0.6 is 0 Å². The highest BCUT2D eigenvalue weighted by Crippen LogP contribution is 2.41. The number of halogens is 2. The summed E-state index contributed by atoms with van der Waals surface area (Å²) >= 11 is 0. The topological polar surface area (TPSA) is 116 Å². The Labute approximate surface area is 233 Å². The van der Waals surface area contributed by atoms with Gasteiger partial charge < -0.3 is 24.6 Å². The highest BCUT2D eigenvalue weighted by molar-refractivity contribution is 6.03. The van der Waals surface area contributed by atoms with Crippen LogP contribution in [0.25, 0.3) is 22.2 Å². The van der Waals surface area contributed by atoms with Crippen LogP contribution in [-0.2, 0) is 0 Å². The minimum atomic E-state index is -0.767. The van der Waals surface area contributed by atoms with Gasteiger partial charge in [-0.1, -0.05) is 6.07 Å². The first-order valence-electron chi connectivity index (χ1n) is 12.5. The van der Waals surface area contributed by atoms with E-state index in [0.717, 1.165) is 6.07 Å². The highest BCUT2D eigenvalue weighted by Gasteiger charge is 2.20. The van der Waals surface area contributed by atoms with Crippen LogP contribution in [0.4, 0.5) is 14.5 Å². The van der Waals surface area contributed by atoms with E-state index in [1.165, 1.54) is 43.8 Å². The Kier molecular flexibility index (Phi) is 7.97. The van der Waals surface area contributed by atoms with Crippen molar-refractivity contribution in [2.24, 2.45) is 0 Å².